The molecule has 1 N–H and O–H groups in total. The van der Waals surface area contributed by atoms with Gasteiger partial charge < -0.3 is 5.32 Å². The topological polar surface area (TPSA) is 29.9 Å². The molecule has 0 spiro atoms. The molecule has 3 nitrogen and oxygen atoms in total. The Bertz CT molecular complexity index is 318. The van der Waals surface area contributed by atoms with Crippen molar-refractivity contribution in [3.63, 3.8) is 0 Å². The van der Waals surface area contributed by atoms with Crippen molar-refractivity contribution < 1.29 is 0 Å². The summed E-state index contributed by atoms with van der Waals surface area (Å²) in [5, 5.41) is 7.70. The minimum Gasteiger partial charge on any atom is -0.387 e. The molecule has 1 fully saturated rings. The normalized spacial score (nSPS) is 22.0. The Morgan fingerprint density at radius 1 is 1.62 bits per heavy atom. The molecule has 1 aromatic heterocycles. The summed E-state index contributed by atoms with van der Waals surface area (Å²) in [4.78, 5) is 0. The molecule has 2 heterocycles. The Hall–Kier alpha value is -1.25. The SMILES string of the molecule is C=C1NCCC1n1cc(C)c(C)n1. The predicted octanol–water partition coefficient (Wildman–Crippen LogP) is 1.55. The molecule has 0 aliphatic carbocycles. The minimum atomic E-state index is 0.354. The van der Waals surface area contributed by atoms with Gasteiger partial charge in [-0.2, -0.15) is 5.10 Å². The third kappa shape index (κ3) is 1.34. The third-order valence-corrected chi connectivity index (χ3v) is 2.65. The van der Waals surface area contributed by atoms with Crippen molar-refractivity contribution in [1.82, 2.24) is 15.1 Å². The minimum absolute atomic E-state index is 0.354. The van der Waals surface area contributed by atoms with Gasteiger partial charge in [0.2, 0.25) is 0 Å². The van der Waals surface area contributed by atoms with Gasteiger partial charge in [0.25, 0.3) is 0 Å². The number of aromatic nitrogens is 2. The summed E-state index contributed by atoms with van der Waals surface area (Å²) < 4.78 is 2.02. The van der Waals surface area contributed by atoms with Crippen LogP contribution < -0.4 is 5.32 Å². The van der Waals surface area contributed by atoms with Crippen molar-refractivity contribution in [2.75, 3.05) is 6.54 Å². The molecule has 1 aliphatic rings. The summed E-state index contributed by atoms with van der Waals surface area (Å²) in [6, 6.07) is 0.354. The van der Waals surface area contributed by atoms with E-state index in [2.05, 4.69) is 30.1 Å². The molecular weight excluding hydrogens is 162 g/mol. The molecule has 1 aromatic rings. The van der Waals surface area contributed by atoms with Crippen LogP contribution in [0.4, 0.5) is 0 Å². The number of hydrogen-bond acceptors (Lipinski definition) is 2. The third-order valence-electron chi connectivity index (χ3n) is 2.65. The molecule has 1 unspecified atom stereocenters. The van der Waals surface area contributed by atoms with Crippen LogP contribution in [0.2, 0.25) is 0 Å². The zero-order chi connectivity index (χ0) is 9.42. The number of aryl methyl sites for hydroxylation is 2. The van der Waals surface area contributed by atoms with E-state index in [-0.39, 0.29) is 0 Å². The van der Waals surface area contributed by atoms with Crippen molar-refractivity contribution in [2.24, 2.45) is 0 Å². The van der Waals surface area contributed by atoms with Gasteiger partial charge in [0.1, 0.15) is 0 Å². The largest absolute Gasteiger partial charge is 0.387 e. The Balaban J connectivity index is 2.29. The molecular formula is C10H15N3. The first-order valence-corrected chi connectivity index (χ1v) is 4.63. The Kier molecular flexibility index (Phi) is 1.87. The molecule has 0 bridgehead atoms. The zero-order valence-corrected chi connectivity index (χ0v) is 8.17. The lowest BCUT2D eigenvalue weighted by atomic mass is 10.2. The zero-order valence-electron chi connectivity index (χ0n) is 8.17. The van der Waals surface area contributed by atoms with Gasteiger partial charge in [-0.15, -0.1) is 0 Å². The first kappa shape index (κ1) is 8.35. The number of allylic oxidation sites excluding steroid dienone is 1. The molecule has 0 radical (unpaired) electrons. The van der Waals surface area contributed by atoms with Crippen LogP contribution in [0.25, 0.3) is 0 Å². The fraction of sp³-hybridized carbons (Fsp3) is 0.500. The van der Waals surface area contributed by atoms with Crippen LogP contribution in [-0.4, -0.2) is 16.3 Å². The molecule has 1 aliphatic heterocycles. The predicted molar refractivity (Wildman–Crippen MR) is 52.5 cm³/mol. The lowest BCUT2D eigenvalue weighted by Crippen LogP contribution is -2.10. The number of rotatable bonds is 1. The van der Waals surface area contributed by atoms with E-state index in [1.807, 2.05) is 11.6 Å². The maximum Gasteiger partial charge on any atom is 0.0924 e. The maximum atomic E-state index is 4.46. The molecule has 1 atom stereocenters. The van der Waals surface area contributed by atoms with E-state index in [1.54, 1.807) is 0 Å². The summed E-state index contributed by atoms with van der Waals surface area (Å²) in [5.41, 5.74) is 3.45. The number of hydrogen-bond donors (Lipinski definition) is 1. The van der Waals surface area contributed by atoms with Gasteiger partial charge in [-0.25, -0.2) is 0 Å². The van der Waals surface area contributed by atoms with Crippen LogP contribution in [0, 0.1) is 13.8 Å². The smallest absolute Gasteiger partial charge is 0.0924 e. The van der Waals surface area contributed by atoms with Crippen LogP contribution in [-0.2, 0) is 0 Å². The highest BCUT2D eigenvalue weighted by Crippen LogP contribution is 2.23. The first-order chi connectivity index (χ1) is 6.18. The average molecular weight is 177 g/mol. The summed E-state index contributed by atoms with van der Waals surface area (Å²) in [5.74, 6) is 0. The lowest BCUT2D eigenvalue weighted by Gasteiger charge is -2.10. The summed E-state index contributed by atoms with van der Waals surface area (Å²) in [7, 11) is 0. The van der Waals surface area contributed by atoms with Crippen LogP contribution >= 0.6 is 0 Å². The van der Waals surface area contributed by atoms with Crippen LogP contribution in [0.5, 0.6) is 0 Å². The van der Waals surface area contributed by atoms with Crippen molar-refractivity contribution in [3.8, 4) is 0 Å². The molecule has 1 saturated heterocycles. The number of nitrogens with one attached hydrogen (secondary N) is 1. The molecule has 2 rings (SSSR count). The highest BCUT2D eigenvalue weighted by Gasteiger charge is 2.21. The summed E-state index contributed by atoms with van der Waals surface area (Å²) in [6.45, 7) is 9.12. The number of nitrogens with zero attached hydrogens (tertiary/aromatic N) is 2. The van der Waals surface area contributed by atoms with E-state index < -0.39 is 0 Å². The molecule has 0 aromatic carbocycles. The van der Waals surface area contributed by atoms with Gasteiger partial charge in [0.05, 0.1) is 11.7 Å². The van der Waals surface area contributed by atoms with Crippen molar-refractivity contribution in [1.29, 1.82) is 0 Å². The van der Waals surface area contributed by atoms with Gasteiger partial charge in [0.15, 0.2) is 0 Å². The maximum absolute atomic E-state index is 4.46. The quantitative estimate of drug-likeness (QED) is 0.705. The Morgan fingerprint density at radius 3 is 2.85 bits per heavy atom. The van der Waals surface area contributed by atoms with Gasteiger partial charge >= 0.3 is 0 Å². The molecule has 70 valence electrons. The van der Waals surface area contributed by atoms with E-state index in [4.69, 9.17) is 0 Å². The summed E-state index contributed by atoms with van der Waals surface area (Å²) in [6.07, 6.45) is 3.19. The molecule has 13 heavy (non-hydrogen) atoms. The lowest BCUT2D eigenvalue weighted by molar-refractivity contribution is 0.528. The second-order valence-corrected chi connectivity index (χ2v) is 3.63. The average Bonchev–Trinajstić information content (AvgIpc) is 2.60. The van der Waals surface area contributed by atoms with E-state index in [0.717, 1.165) is 24.4 Å². The van der Waals surface area contributed by atoms with Gasteiger partial charge in [-0.1, -0.05) is 6.58 Å². The second-order valence-electron chi connectivity index (χ2n) is 3.63. The second kappa shape index (κ2) is 2.91. The van der Waals surface area contributed by atoms with Gasteiger partial charge in [-0.3, -0.25) is 4.68 Å². The van der Waals surface area contributed by atoms with E-state index in [0.29, 0.717) is 6.04 Å². The van der Waals surface area contributed by atoms with Crippen molar-refractivity contribution >= 4 is 0 Å². The van der Waals surface area contributed by atoms with Crippen molar-refractivity contribution in [3.05, 3.63) is 29.7 Å². The molecule has 0 amide bonds. The van der Waals surface area contributed by atoms with Gasteiger partial charge in [-0.05, 0) is 25.8 Å². The van der Waals surface area contributed by atoms with Crippen LogP contribution in [0.1, 0.15) is 23.7 Å². The fourth-order valence-electron chi connectivity index (χ4n) is 1.69. The van der Waals surface area contributed by atoms with Gasteiger partial charge in [0, 0.05) is 18.4 Å². The Morgan fingerprint density at radius 2 is 2.38 bits per heavy atom. The Labute approximate surface area is 78.4 Å². The van der Waals surface area contributed by atoms with E-state index >= 15 is 0 Å². The molecule has 3 heteroatoms. The molecule has 0 saturated carbocycles. The highest BCUT2D eigenvalue weighted by atomic mass is 15.3. The van der Waals surface area contributed by atoms with Crippen molar-refractivity contribution in [2.45, 2.75) is 26.3 Å². The highest BCUT2D eigenvalue weighted by molar-refractivity contribution is 5.16. The standard InChI is InChI=1S/C10H15N3/c1-7-6-13(12-8(7)2)10-4-5-11-9(10)3/h6,10-11H,3-5H2,1-2H3. The van der Waals surface area contributed by atoms with Crippen LogP contribution in [0.15, 0.2) is 18.5 Å². The monoisotopic (exact) mass is 177 g/mol. The van der Waals surface area contributed by atoms with E-state index in [1.165, 1.54) is 5.56 Å². The van der Waals surface area contributed by atoms with Crippen LogP contribution in [0.3, 0.4) is 0 Å². The first-order valence-electron chi connectivity index (χ1n) is 4.63. The fourth-order valence-corrected chi connectivity index (χ4v) is 1.69. The van der Waals surface area contributed by atoms with E-state index in [9.17, 15) is 0 Å². The summed E-state index contributed by atoms with van der Waals surface area (Å²) >= 11 is 0.